The van der Waals surface area contributed by atoms with Gasteiger partial charge in [-0.3, -0.25) is 0 Å². The molecule has 0 saturated heterocycles. The van der Waals surface area contributed by atoms with Crippen molar-refractivity contribution in [1.29, 1.82) is 0 Å². The number of carboxylic acids is 1. The summed E-state index contributed by atoms with van der Waals surface area (Å²) < 4.78 is 5.03. The molecule has 1 heterocycles. The van der Waals surface area contributed by atoms with Gasteiger partial charge in [-0.25, -0.2) is 9.78 Å². The maximum absolute atomic E-state index is 11.2. The molecular formula is C13H20N2O3S. The predicted octanol–water partition coefficient (Wildman–Crippen LogP) is 2.61. The predicted molar refractivity (Wildman–Crippen MR) is 75.0 cm³/mol. The summed E-state index contributed by atoms with van der Waals surface area (Å²) in [6.07, 6.45) is 2.54. The lowest BCUT2D eigenvalue weighted by atomic mass is 10.3. The van der Waals surface area contributed by atoms with Crippen LogP contribution in [-0.2, 0) is 11.3 Å². The van der Waals surface area contributed by atoms with Gasteiger partial charge >= 0.3 is 5.97 Å². The number of thiazole rings is 1. The molecule has 0 unspecified atom stereocenters. The van der Waals surface area contributed by atoms with Crippen LogP contribution in [0.2, 0.25) is 0 Å². The number of anilines is 1. The SMILES string of the molecule is COCc1nc(N(CC2CC2)C(C)C)sc1C(=O)O. The van der Waals surface area contributed by atoms with E-state index in [0.717, 1.165) is 17.6 Å². The molecule has 0 amide bonds. The number of carbonyl (C=O) groups is 1. The Balaban J connectivity index is 2.25. The number of rotatable bonds is 7. The lowest BCUT2D eigenvalue weighted by Gasteiger charge is -2.26. The average Bonchev–Trinajstić information content (AvgIpc) is 3.06. The smallest absolute Gasteiger partial charge is 0.347 e. The van der Waals surface area contributed by atoms with Crippen LogP contribution >= 0.6 is 11.3 Å². The van der Waals surface area contributed by atoms with Crippen molar-refractivity contribution in [2.75, 3.05) is 18.6 Å². The van der Waals surface area contributed by atoms with Crippen molar-refractivity contribution in [1.82, 2.24) is 4.98 Å². The van der Waals surface area contributed by atoms with Crippen LogP contribution in [0.3, 0.4) is 0 Å². The molecule has 1 aromatic rings. The Morgan fingerprint density at radius 2 is 2.26 bits per heavy atom. The van der Waals surface area contributed by atoms with E-state index in [1.54, 1.807) is 7.11 Å². The highest BCUT2D eigenvalue weighted by molar-refractivity contribution is 7.17. The summed E-state index contributed by atoms with van der Waals surface area (Å²) in [4.78, 5) is 18.2. The highest BCUT2D eigenvalue weighted by atomic mass is 32.1. The third kappa shape index (κ3) is 3.45. The van der Waals surface area contributed by atoms with E-state index >= 15 is 0 Å². The first-order valence-corrected chi connectivity index (χ1v) is 7.33. The molecule has 1 aliphatic rings. The molecule has 6 heteroatoms. The zero-order chi connectivity index (χ0) is 14.0. The van der Waals surface area contributed by atoms with E-state index in [0.29, 0.717) is 16.6 Å². The first-order chi connectivity index (χ1) is 9.02. The van der Waals surface area contributed by atoms with Crippen molar-refractivity contribution in [3.63, 3.8) is 0 Å². The summed E-state index contributed by atoms with van der Waals surface area (Å²) in [6, 6.07) is 0.323. The summed E-state index contributed by atoms with van der Waals surface area (Å²) >= 11 is 1.25. The van der Waals surface area contributed by atoms with Gasteiger partial charge in [-0.1, -0.05) is 11.3 Å². The van der Waals surface area contributed by atoms with Crippen molar-refractivity contribution in [2.24, 2.45) is 5.92 Å². The van der Waals surface area contributed by atoms with Gasteiger partial charge in [-0.05, 0) is 32.6 Å². The number of carboxylic acid groups (broad SMARTS) is 1. The zero-order valence-electron chi connectivity index (χ0n) is 11.5. The van der Waals surface area contributed by atoms with Gasteiger partial charge in [0.05, 0.1) is 12.3 Å². The Kier molecular flexibility index (Phi) is 4.42. The molecular weight excluding hydrogens is 264 g/mol. The fraction of sp³-hybridized carbons (Fsp3) is 0.692. The highest BCUT2D eigenvalue weighted by Crippen LogP contribution is 2.34. The number of nitrogens with zero attached hydrogens (tertiary/aromatic N) is 2. The van der Waals surface area contributed by atoms with Crippen molar-refractivity contribution in [3.05, 3.63) is 10.6 Å². The fourth-order valence-corrected chi connectivity index (χ4v) is 3.00. The summed E-state index contributed by atoms with van der Waals surface area (Å²) in [5.41, 5.74) is 0.524. The molecule has 1 aliphatic carbocycles. The summed E-state index contributed by atoms with van der Waals surface area (Å²) in [6.45, 7) is 5.44. The van der Waals surface area contributed by atoms with E-state index < -0.39 is 5.97 Å². The van der Waals surface area contributed by atoms with Crippen molar-refractivity contribution in [3.8, 4) is 0 Å². The van der Waals surface area contributed by atoms with E-state index in [-0.39, 0.29) is 6.61 Å². The highest BCUT2D eigenvalue weighted by Gasteiger charge is 2.28. The molecule has 0 radical (unpaired) electrons. The summed E-state index contributed by atoms with van der Waals surface area (Å²) in [7, 11) is 1.55. The normalized spacial score (nSPS) is 14.9. The molecule has 0 spiro atoms. The van der Waals surface area contributed by atoms with Crippen LogP contribution in [0.15, 0.2) is 0 Å². The fourth-order valence-electron chi connectivity index (χ4n) is 1.95. The standard InChI is InChI=1S/C13H20N2O3S/c1-8(2)15(6-9-4-5-9)13-14-10(7-18-3)11(19-13)12(16)17/h8-9H,4-7H2,1-3H3,(H,16,17). The minimum atomic E-state index is -0.925. The molecule has 1 fully saturated rings. The van der Waals surface area contributed by atoms with Crippen LogP contribution in [0.4, 0.5) is 5.13 Å². The first kappa shape index (κ1) is 14.3. The number of hydrogen-bond acceptors (Lipinski definition) is 5. The number of ether oxygens (including phenoxy) is 1. The lowest BCUT2D eigenvalue weighted by Crippen LogP contribution is -2.32. The molecule has 106 valence electrons. The van der Waals surface area contributed by atoms with E-state index in [1.165, 1.54) is 24.2 Å². The third-order valence-corrected chi connectivity index (χ3v) is 4.30. The minimum Gasteiger partial charge on any atom is -0.477 e. The molecule has 1 aromatic heterocycles. The molecule has 0 atom stereocenters. The van der Waals surface area contributed by atoms with Gasteiger partial charge < -0.3 is 14.7 Å². The Bertz CT molecular complexity index is 455. The summed E-state index contributed by atoms with van der Waals surface area (Å²) in [5.74, 6) is -0.184. The van der Waals surface area contributed by atoms with Gasteiger partial charge in [0.15, 0.2) is 5.13 Å². The van der Waals surface area contributed by atoms with Gasteiger partial charge in [-0.2, -0.15) is 0 Å². The first-order valence-electron chi connectivity index (χ1n) is 6.51. The molecule has 0 aliphatic heterocycles. The molecule has 1 saturated carbocycles. The van der Waals surface area contributed by atoms with Crippen LogP contribution in [0, 0.1) is 5.92 Å². The average molecular weight is 284 g/mol. The molecule has 0 bridgehead atoms. The monoisotopic (exact) mass is 284 g/mol. The van der Waals surface area contributed by atoms with E-state index in [2.05, 4.69) is 23.7 Å². The third-order valence-electron chi connectivity index (χ3n) is 3.18. The lowest BCUT2D eigenvalue weighted by molar-refractivity contribution is 0.0697. The van der Waals surface area contributed by atoms with Crippen LogP contribution in [-0.4, -0.2) is 35.8 Å². The van der Waals surface area contributed by atoms with Crippen LogP contribution in [0.25, 0.3) is 0 Å². The van der Waals surface area contributed by atoms with Crippen molar-refractivity contribution in [2.45, 2.75) is 39.3 Å². The quantitative estimate of drug-likeness (QED) is 0.834. The van der Waals surface area contributed by atoms with E-state index in [1.807, 2.05) is 0 Å². The van der Waals surface area contributed by atoms with Crippen LogP contribution < -0.4 is 4.90 Å². The van der Waals surface area contributed by atoms with Gasteiger partial charge in [0.2, 0.25) is 0 Å². The van der Waals surface area contributed by atoms with Gasteiger partial charge in [0, 0.05) is 19.7 Å². The molecule has 2 rings (SSSR count). The molecule has 0 aromatic carbocycles. The second-order valence-electron chi connectivity index (χ2n) is 5.20. The number of methoxy groups -OCH3 is 1. The topological polar surface area (TPSA) is 62.7 Å². The Labute approximate surface area is 117 Å². The number of aromatic nitrogens is 1. The van der Waals surface area contributed by atoms with E-state index in [9.17, 15) is 9.90 Å². The van der Waals surface area contributed by atoms with Crippen LogP contribution in [0.5, 0.6) is 0 Å². The second-order valence-corrected chi connectivity index (χ2v) is 6.18. The van der Waals surface area contributed by atoms with Crippen molar-refractivity contribution >= 4 is 22.4 Å². The Hall–Kier alpha value is -1.14. The Morgan fingerprint density at radius 1 is 1.58 bits per heavy atom. The zero-order valence-corrected chi connectivity index (χ0v) is 12.4. The van der Waals surface area contributed by atoms with Crippen molar-refractivity contribution < 1.29 is 14.6 Å². The van der Waals surface area contributed by atoms with Crippen LogP contribution in [0.1, 0.15) is 42.1 Å². The number of aromatic carboxylic acids is 1. The maximum Gasteiger partial charge on any atom is 0.347 e. The molecule has 19 heavy (non-hydrogen) atoms. The minimum absolute atomic E-state index is 0.244. The molecule has 5 nitrogen and oxygen atoms in total. The van der Waals surface area contributed by atoms with Gasteiger partial charge in [0.25, 0.3) is 0 Å². The largest absolute Gasteiger partial charge is 0.477 e. The van der Waals surface area contributed by atoms with Gasteiger partial charge in [0.1, 0.15) is 4.88 Å². The second kappa shape index (κ2) is 5.88. The van der Waals surface area contributed by atoms with Gasteiger partial charge in [-0.15, -0.1) is 0 Å². The Morgan fingerprint density at radius 3 is 2.74 bits per heavy atom. The van der Waals surface area contributed by atoms with E-state index in [4.69, 9.17) is 4.74 Å². The number of hydrogen-bond donors (Lipinski definition) is 1. The molecule has 1 N–H and O–H groups in total. The maximum atomic E-state index is 11.2. The summed E-state index contributed by atoms with van der Waals surface area (Å²) in [5, 5.41) is 10.0.